The number of halogens is 4. The molecule has 5 aromatic rings. The van der Waals surface area contributed by atoms with Gasteiger partial charge in [0.2, 0.25) is 5.43 Å². The van der Waals surface area contributed by atoms with E-state index in [0.29, 0.717) is 11.1 Å². The lowest BCUT2D eigenvalue weighted by Crippen LogP contribution is -2.28. The first-order valence-corrected chi connectivity index (χ1v) is 12.7. The summed E-state index contributed by atoms with van der Waals surface area (Å²) in [4.78, 5) is 34.3. The summed E-state index contributed by atoms with van der Waals surface area (Å²) in [6.07, 6.45) is -0.465. The van der Waals surface area contributed by atoms with E-state index in [4.69, 9.17) is 5.73 Å². The molecular formula is C28H24F4N8O2. The Hall–Kier alpha value is -5.14. The van der Waals surface area contributed by atoms with E-state index in [-0.39, 0.29) is 45.5 Å². The van der Waals surface area contributed by atoms with Crippen LogP contribution in [0.15, 0.2) is 65.8 Å². The van der Waals surface area contributed by atoms with Crippen molar-refractivity contribution in [1.29, 1.82) is 0 Å². The van der Waals surface area contributed by atoms with Crippen molar-refractivity contribution in [3.63, 3.8) is 0 Å². The van der Waals surface area contributed by atoms with Crippen molar-refractivity contribution < 1.29 is 22.4 Å². The number of amides is 1. The normalized spacial score (nSPS) is 12.3. The summed E-state index contributed by atoms with van der Waals surface area (Å²) in [7, 11) is 0. The Kier molecular flexibility index (Phi) is 7.70. The number of carbonyl (C=O) groups excluding carboxylic acids is 1. The summed E-state index contributed by atoms with van der Waals surface area (Å²) < 4.78 is 56.2. The first-order valence-electron chi connectivity index (χ1n) is 12.7. The summed E-state index contributed by atoms with van der Waals surface area (Å²) >= 11 is 0. The number of aromatic nitrogens is 6. The molecule has 0 fully saturated rings. The van der Waals surface area contributed by atoms with E-state index >= 15 is 0 Å². The predicted octanol–water partition coefficient (Wildman–Crippen LogP) is 5.05. The van der Waals surface area contributed by atoms with E-state index in [2.05, 4.69) is 25.5 Å². The quantitative estimate of drug-likeness (QED) is 0.246. The molecule has 0 aliphatic carbocycles. The summed E-state index contributed by atoms with van der Waals surface area (Å²) in [6.45, 7) is 2.27. The number of rotatable bonds is 8. The van der Waals surface area contributed by atoms with Gasteiger partial charge in [0.15, 0.2) is 11.3 Å². The van der Waals surface area contributed by atoms with Crippen LogP contribution in [0.4, 0.5) is 29.1 Å². The van der Waals surface area contributed by atoms with Crippen molar-refractivity contribution in [2.24, 2.45) is 0 Å². The van der Waals surface area contributed by atoms with Gasteiger partial charge in [-0.3, -0.25) is 14.3 Å². The average molecular weight is 581 g/mol. The number of carbonyl (C=O) groups is 1. The van der Waals surface area contributed by atoms with Gasteiger partial charge >= 0.3 is 0 Å². The number of nitrogen functional groups attached to an aromatic ring is 1. The Labute approximate surface area is 235 Å². The maximum atomic E-state index is 13.5. The molecule has 0 aliphatic rings. The minimum Gasteiger partial charge on any atom is -0.383 e. The number of hydrogen-bond acceptors (Lipinski definition) is 7. The molecule has 0 bridgehead atoms. The number of nitrogens with two attached hydrogens (primary N) is 1. The Balaban J connectivity index is 1.48. The van der Waals surface area contributed by atoms with E-state index in [0.717, 1.165) is 11.0 Å². The smallest absolute Gasteiger partial charge is 0.280 e. The third-order valence-corrected chi connectivity index (χ3v) is 6.53. The van der Waals surface area contributed by atoms with Crippen molar-refractivity contribution in [2.45, 2.75) is 32.4 Å². The molecule has 1 atom stereocenters. The van der Waals surface area contributed by atoms with Crippen LogP contribution in [0.3, 0.4) is 0 Å². The second kappa shape index (κ2) is 11.4. The maximum absolute atomic E-state index is 13.5. The maximum Gasteiger partial charge on any atom is 0.280 e. The van der Waals surface area contributed by atoms with Gasteiger partial charge in [0.05, 0.1) is 5.39 Å². The van der Waals surface area contributed by atoms with E-state index < -0.39 is 36.3 Å². The first kappa shape index (κ1) is 28.4. The van der Waals surface area contributed by atoms with Gasteiger partial charge < -0.3 is 11.1 Å². The van der Waals surface area contributed by atoms with E-state index in [9.17, 15) is 27.2 Å². The van der Waals surface area contributed by atoms with E-state index in [1.807, 2.05) is 13.8 Å². The standard InChI is InChI=1S/C28H24F4N8O2/c1-14(2)39-12-19(15-3-7-17(30)8-4-15)24(41)23(37-39)28(42)36-18-9-5-16(6-10-18)22-21-26(33)34-13-35-27(21)40(38-22)20(11-29)25(31)32/h3-10,12-14,20,25H,11H2,1-2H3,(H,36,42)(H2,33,34,35). The Morgan fingerprint density at radius 1 is 1.00 bits per heavy atom. The zero-order valence-electron chi connectivity index (χ0n) is 22.3. The van der Waals surface area contributed by atoms with E-state index in [1.165, 1.54) is 59.4 Å². The summed E-state index contributed by atoms with van der Waals surface area (Å²) in [5.74, 6) is -1.27. The number of alkyl halides is 3. The van der Waals surface area contributed by atoms with Crippen LogP contribution >= 0.6 is 0 Å². The van der Waals surface area contributed by atoms with Gasteiger partial charge in [-0.1, -0.05) is 24.3 Å². The Morgan fingerprint density at radius 3 is 2.29 bits per heavy atom. The fourth-order valence-electron chi connectivity index (χ4n) is 4.33. The highest BCUT2D eigenvalue weighted by molar-refractivity contribution is 6.03. The van der Waals surface area contributed by atoms with Crippen LogP contribution in [0, 0.1) is 5.82 Å². The van der Waals surface area contributed by atoms with Crippen molar-refractivity contribution in [2.75, 3.05) is 17.7 Å². The minimum atomic E-state index is -3.05. The first-order chi connectivity index (χ1) is 20.1. The monoisotopic (exact) mass is 580 g/mol. The van der Waals surface area contributed by atoms with Crippen LogP contribution in [0.5, 0.6) is 0 Å². The van der Waals surface area contributed by atoms with Crippen molar-refractivity contribution in [3.8, 4) is 22.4 Å². The predicted molar refractivity (Wildman–Crippen MR) is 148 cm³/mol. The van der Waals surface area contributed by atoms with Gasteiger partial charge in [0.25, 0.3) is 12.3 Å². The van der Waals surface area contributed by atoms with Gasteiger partial charge in [-0.2, -0.15) is 10.2 Å². The van der Waals surface area contributed by atoms with Crippen LogP contribution in [-0.4, -0.2) is 48.5 Å². The van der Waals surface area contributed by atoms with Crippen molar-refractivity contribution in [1.82, 2.24) is 29.5 Å². The molecule has 14 heteroatoms. The van der Waals surface area contributed by atoms with Gasteiger partial charge in [0.1, 0.15) is 36.4 Å². The van der Waals surface area contributed by atoms with E-state index in [1.54, 1.807) is 0 Å². The third-order valence-electron chi connectivity index (χ3n) is 6.53. The van der Waals surface area contributed by atoms with Crippen molar-refractivity contribution in [3.05, 3.63) is 82.8 Å². The molecule has 2 aromatic carbocycles. The fraction of sp³-hybridized carbons (Fsp3) is 0.214. The minimum absolute atomic E-state index is 0.0287. The molecule has 3 N–H and O–H groups in total. The van der Waals surface area contributed by atoms with Gasteiger partial charge in [-0.15, -0.1) is 0 Å². The van der Waals surface area contributed by atoms with Gasteiger partial charge in [-0.05, 0) is 43.7 Å². The summed E-state index contributed by atoms with van der Waals surface area (Å²) in [5, 5.41) is 11.2. The highest BCUT2D eigenvalue weighted by atomic mass is 19.3. The number of hydrogen-bond donors (Lipinski definition) is 2. The number of anilines is 2. The lowest BCUT2D eigenvalue weighted by Gasteiger charge is -2.14. The lowest BCUT2D eigenvalue weighted by atomic mass is 10.1. The highest BCUT2D eigenvalue weighted by Gasteiger charge is 2.28. The van der Waals surface area contributed by atoms with Gasteiger partial charge in [0, 0.05) is 29.1 Å². The second-order valence-corrected chi connectivity index (χ2v) is 9.64. The van der Waals surface area contributed by atoms with Crippen LogP contribution < -0.4 is 16.5 Å². The largest absolute Gasteiger partial charge is 0.383 e. The molecule has 0 radical (unpaired) electrons. The molecule has 216 valence electrons. The summed E-state index contributed by atoms with van der Waals surface area (Å²) in [5.41, 5.74) is 6.38. The molecule has 3 aromatic heterocycles. The summed E-state index contributed by atoms with van der Waals surface area (Å²) in [6, 6.07) is 9.33. The number of fused-ring (bicyclic) bond motifs is 1. The number of nitrogens with one attached hydrogen (secondary N) is 1. The van der Waals surface area contributed by atoms with Crippen LogP contribution in [-0.2, 0) is 0 Å². The third kappa shape index (κ3) is 5.30. The van der Waals surface area contributed by atoms with Crippen LogP contribution in [0.2, 0.25) is 0 Å². The number of nitrogens with zero attached hydrogens (tertiary/aromatic N) is 6. The molecule has 3 heterocycles. The molecule has 0 aliphatic heterocycles. The molecule has 1 amide bonds. The molecule has 0 saturated carbocycles. The second-order valence-electron chi connectivity index (χ2n) is 9.64. The zero-order valence-corrected chi connectivity index (χ0v) is 22.3. The van der Waals surface area contributed by atoms with Crippen molar-refractivity contribution >= 4 is 28.4 Å². The molecule has 0 spiro atoms. The molecular weight excluding hydrogens is 556 g/mol. The molecule has 5 rings (SSSR count). The molecule has 0 saturated heterocycles. The highest BCUT2D eigenvalue weighted by Crippen LogP contribution is 2.33. The molecule has 42 heavy (non-hydrogen) atoms. The molecule has 10 nitrogen and oxygen atoms in total. The Morgan fingerprint density at radius 2 is 1.67 bits per heavy atom. The number of benzene rings is 2. The SMILES string of the molecule is CC(C)n1cc(-c2ccc(F)cc2)c(=O)c(C(=O)Nc2ccc(-c3nn(C(CF)C(F)F)c4ncnc(N)c34)cc2)n1. The Bertz CT molecular complexity index is 1820. The van der Waals surface area contributed by atoms with Crippen LogP contribution in [0.25, 0.3) is 33.4 Å². The molecule has 1 unspecified atom stereocenters. The fourth-order valence-corrected chi connectivity index (χ4v) is 4.33. The average Bonchev–Trinajstić information content (AvgIpc) is 3.34. The van der Waals surface area contributed by atoms with Gasteiger partial charge in [-0.25, -0.2) is 32.2 Å². The van der Waals surface area contributed by atoms with Crippen LogP contribution in [0.1, 0.15) is 36.4 Å². The topological polar surface area (TPSA) is 134 Å². The zero-order chi connectivity index (χ0) is 30.1. The lowest BCUT2D eigenvalue weighted by molar-refractivity contribution is 0.0644.